The average molecular weight is 230 g/mol. The number of fused-ring (bicyclic) bond motifs is 5. The van der Waals surface area contributed by atoms with E-state index >= 15 is 0 Å². The molecule has 3 rings (SSSR count). The van der Waals surface area contributed by atoms with E-state index in [1.807, 2.05) is 0 Å². The average Bonchev–Trinajstić information content (AvgIpc) is 2.92. The maximum absolute atomic E-state index is 13.7. The molecule has 2 unspecified atom stereocenters. The van der Waals surface area contributed by atoms with E-state index in [-0.39, 0.29) is 23.0 Å². The Morgan fingerprint density at radius 2 is 1.29 bits per heavy atom. The minimum atomic E-state index is -1.16. The Hall–Kier alpha value is -1.94. The predicted molar refractivity (Wildman–Crippen MR) is 55.1 cm³/mol. The van der Waals surface area contributed by atoms with E-state index in [0.717, 1.165) is 19.3 Å². The van der Waals surface area contributed by atoms with E-state index in [1.165, 1.54) is 0 Å². The van der Waals surface area contributed by atoms with E-state index < -0.39 is 11.6 Å². The van der Waals surface area contributed by atoms with Crippen molar-refractivity contribution in [1.29, 1.82) is 10.5 Å². The molecule has 0 aromatic heterocycles. The molecular weight excluding hydrogens is 222 g/mol. The SMILES string of the molecule is N#Cc1c(F)c(F)c(C#N)c2c1C1CCC2C1. The molecule has 2 aliphatic rings. The minimum Gasteiger partial charge on any atom is -0.202 e. The lowest BCUT2D eigenvalue weighted by molar-refractivity contribution is 0.497. The van der Waals surface area contributed by atoms with Gasteiger partial charge in [0.2, 0.25) is 0 Å². The second-order valence-corrected chi connectivity index (χ2v) is 4.64. The van der Waals surface area contributed by atoms with Crippen molar-refractivity contribution in [3.63, 3.8) is 0 Å². The molecule has 0 saturated heterocycles. The van der Waals surface area contributed by atoms with Gasteiger partial charge in [0, 0.05) is 0 Å². The van der Waals surface area contributed by atoms with Crippen LogP contribution >= 0.6 is 0 Å². The minimum absolute atomic E-state index is 0.131. The van der Waals surface area contributed by atoms with Crippen molar-refractivity contribution in [3.8, 4) is 12.1 Å². The highest BCUT2D eigenvalue weighted by molar-refractivity contribution is 5.59. The van der Waals surface area contributed by atoms with Gasteiger partial charge in [0.25, 0.3) is 0 Å². The first-order valence-electron chi connectivity index (χ1n) is 5.54. The highest BCUT2D eigenvalue weighted by Gasteiger charge is 2.43. The van der Waals surface area contributed by atoms with Crippen molar-refractivity contribution in [3.05, 3.63) is 33.9 Å². The van der Waals surface area contributed by atoms with Gasteiger partial charge in [-0.2, -0.15) is 10.5 Å². The molecule has 1 saturated carbocycles. The van der Waals surface area contributed by atoms with Crippen LogP contribution in [0.2, 0.25) is 0 Å². The van der Waals surface area contributed by atoms with Crippen molar-refractivity contribution in [2.24, 2.45) is 0 Å². The van der Waals surface area contributed by atoms with Gasteiger partial charge in [-0.1, -0.05) is 0 Å². The standard InChI is InChI=1S/C13H8F2N2/c14-12-8(4-16)10-6-1-2-7(3-6)11(10)9(5-17)13(12)15/h6-7H,1-3H2. The second-order valence-electron chi connectivity index (χ2n) is 4.64. The van der Waals surface area contributed by atoms with E-state index in [4.69, 9.17) is 10.5 Å². The Labute approximate surface area is 97.1 Å². The zero-order chi connectivity index (χ0) is 12.2. The Kier molecular flexibility index (Phi) is 1.97. The van der Waals surface area contributed by atoms with Crippen LogP contribution in [0.1, 0.15) is 53.4 Å². The number of rotatable bonds is 0. The molecule has 0 radical (unpaired) electrons. The largest absolute Gasteiger partial charge is 0.202 e. The number of hydrogen-bond acceptors (Lipinski definition) is 2. The van der Waals surface area contributed by atoms with Crippen molar-refractivity contribution in [2.75, 3.05) is 0 Å². The first-order valence-corrected chi connectivity index (χ1v) is 5.54. The highest BCUT2D eigenvalue weighted by atomic mass is 19.2. The lowest BCUT2D eigenvalue weighted by atomic mass is 9.85. The summed E-state index contributed by atoms with van der Waals surface area (Å²) in [5.74, 6) is -2.05. The molecule has 0 aliphatic heterocycles. The Morgan fingerprint density at radius 1 is 0.882 bits per heavy atom. The summed E-state index contributed by atoms with van der Waals surface area (Å²) in [4.78, 5) is 0. The van der Waals surface area contributed by atoms with E-state index in [9.17, 15) is 8.78 Å². The fourth-order valence-corrected chi connectivity index (χ4v) is 3.30. The van der Waals surface area contributed by atoms with Gasteiger partial charge in [0.15, 0.2) is 11.6 Å². The monoisotopic (exact) mass is 230 g/mol. The molecule has 2 bridgehead atoms. The lowest BCUT2D eigenvalue weighted by Gasteiger charge is -2.18. The first kappa shape index (κ1) is 10.2. The van der Waals surface area contributed by atoms with Crippen molar-refractivity contribution >= 4 is 0 Å². The Bertz CT molecular complexity index is 555. The summed E-state index contributed by atoms with van der Waals surface area (Å²) in [5, 5.41) is 17.9. The summed E-state index contributed by atoms with van der Waals surface area (Å²) >= 11 is 0. The molecule has 4 heteroatoms. The molecule has 1 aromatic rings. The summed E-state index contributed by atoms with van der Waals surface area (Å²) in [6.45, 7) is 0. The van der Waals surface area contributed by atoms with Gasteiger partial charge < -0.3 is 0 Å². The topological polar surface area (TPSA) is 47.6 Å². The zero-order valence-electron chi connectivity index (χ0n) is 8.93. The van der Waals surface area contributed by atoms with Gasteiger partial charge >= 0.3 is 0 Å². The lowest BCUT2D eigenvalue weighted by Crippen LogP contribution is -2.09. The first-order chi connectivity index (χ1) is 8.19. The van der Waals surface area contributed by atoms with E-state index in [0.29, 0.717) is 11.1 Å². The van der Waals surface area contributed by atoms with Crippen LogP contribution in [0.25, 0.3) is 0 Å². The molecule has 0 heterocycles. The molecule has 0 N–H and O–H groups in total. The van der Waals surface area contributed by atoms with Gasteiger partial charge in [-0.05, 0) is 42.2 Å². The molecule has 0 amide bonds. The number of hydrogen-bond donors (Lipinski definition) is 0. The molecule has 17 heavy (non-hydrogen) atoms. The normalized spacial score (nSPS) is 24.2. The van der Waals surface area contributed by atoms with Crippen molar-refractivity contribution < 1.29 is 8.78 Å². The number of benzene rings is 1. The van der Waals surface area contributed by atoms with Crippen LogP contribution in [-0.4, -0.2) is 0 Å². The van der Waals surface area contributed by atoms with Gasteiger partial charge in [0.05, 0.1) is 11.1 Å². The van der Waals surface area contributed by atoms with Crippen molar-refractivity contribution in [1.82, 2.24) is 0 Å². The maximum atomic E-state index is 13.7. The fraction of sp³-hybridized carbons (Fsp3) is 0.385. The predicted octanol–water partition coefficient (Wildman–Crippen LogP) is 3.07. The third kappa shape index (κ3) is 1.10. The summed E-state index contributed by atoms with van der Waals surface area (Å²) in [6, 6.07) is 3.50. The summed E-state index contributed by atoms with van der Waals surface area (Å²) in [5.41, 5.74) is 0.811. The smallest absolute Gasteiger partial charge is 0.178 e. The highest BCUT2D eigenvalue weighted by Crippen LogP contribution is 2.55. The number of nitrogens with zero attached hydrogens (tertiary/aromatic N) is 2. The third-order valence-electron chi connectivity index (χ3n) is 3.93. The van der Waals surface area contributed by atoms with Crippen LogP contribution in [0.15, 0.2) is 0 Å². The molecule has 2 aliphatic carbocycles. The van der Waals surface area contributed by atoms with Crippen LogP contribution in [0.3, 0.4) is 0 Å². The molecule has 1 fully saturated rings. The van der Waals surface area contributed by atoms with Crippen LogP contribution in [0, 0.1) is 34.3 Å². The quantitative estimate of drug-likeness (QED) is 0.687. The maximum Gasteiger partial charge on any atom is 0.178 e. The summed E-state index contributed by atoms with van der Waals surface area (Å²) < 4.78 is 27.4. The Balaban J connectivity index is 2.43. The van der Waals surface area contributed by atoms with Crippen LogP contribution in [-0.2, 0) is 0 Å². The molecule has 84 valence electrons. The van der Waals surface area contributed by atoms with Gasteiger partial charge in [-0.15, -0.1) is 0 Å². The fourth-order valence-electron chi connectivity index (χ4n) is 3.30. The van der Waals surface area contributed by atoms with Crippen LogP contribution < -0.4 is 0 Å². The van der Waals surface area contributed by atoms with Crippen LogP contribution in [0.4, 0.5) is 8.78 Å². The third-order valence-corrected chi connectivity index (χ3v) is 3.93. The van der Waals surface area contributed by atoms with E-state index in [1.54, 1.807) is 12.1 Å². The molecule has 2 atom stereocenters. The Morgan fingerprint density at radius 3 is 1.65 bits per heavy atom. The second kappa shape index (κ2) is 3.28. The summed E-state index contributed by atoms with van der Waals surface area (Å²) in [7, 11) is 0. The van der Waals surface area contributed by atoms with Crippen molar-refractivity contribution in [2.45, 2.75) is 31.1 Å². The molecule has 1 aromatic carbocycles. The van der Waals surface area contributed by atoms with Gasteiger partial charge in [-0.25, -0.2) is 8.78 Å². The number of nitriles is 2. The molecule has 0 spiro atoms. The number of halogens is 2. The molecular formula is C13H8F2N2. The molecule has 2 nitrogen and oxygen atoms in total. The van der Waals surface area contributed by atoms with E-state index in [2.05, 4.69) is 0 Å². The van der Waals surface area contributed by atoms with Crippen LogP contribution in [0.5, 0.6) is 0 Å². The summed E-state index contributed by atoms with van der Waals surface area (Å²) in [6.07, 6.45) is 2.63. The van der Waals surface area contributed by atoms with Gasteiger partial charge in [-0.3, -0.25) is 0 Å². The van der Waals surface area contributed by atoms with Gasteiger partial charge in [0.1, 0.15) is 12.1 Å². The zero-order valence-corrected chi connectivity index (χ0v) is 8.93.